The Kier molecular flexibility index (Phi) is 4.33. The van der Waals surface area contributed by atoms with E-state index in [0.29, 0.717) is 24.4 Å². The minimum atomic E-state index is -0.271. The fourth-order valence-corrected chi connectivity index (χ4v) is 1.52. The van der Waals surface area contributed by atoms with Crippen LogP contribution in [0.1, 0.15) is 5.82 Å². The van der Waals surface area contributed by atoms with Crippen molar-refractivity contribution in [2.24, 2.45) is 0 Å². The molecule has 1 aromatic heterocycles. The summed E-state index contributed by atoms with van der Waals surface area (Å²) in [5, 5.41) is 11.9. The zero-order valence-electron chi connectivity index (χ0n) is 10.5. The topological polar surface area (TPSA) is 91.9 Å². The van der Waals surface area contributed by atoms with Crippen molar-refractivity contribution in [2.45, 2.75) is 6.42 Å². The highest BCUT2D eigenvalue weighted by molar-refractivity contribution is 5.89. The van der Waals surface area contributed by atoms with E-state index in [-0.39, 0.29) is 6.03 Å². The van der Waals surface area contributed by atoms with Crippen molar-refractivity contribution in [3.63, 3.8) is 0 Å². The highest BCUT2D eigenvalue weighted by Crippen LogP contribution is 2.16. The summed E-state index contributed by atoms with van der Waals surface area (Å²) in [7, 11) is 1.58. The number of rotatable bonds is 5. The summed E-state index contributed by atoms with van der Waals surface area (Å²) >= 11 is 0. The molecule has 0 radical (unpaired) electrons. The van der Waals surface area contributed by atoms with Crippen LogP contribution < -0.4 is 15.4 Å². The Morgan fingerprint density at radius 1 is 1.47 bits per heavy atom. The molecule has 0 aliphatic heterocycles. The van der Waals surface area contributed by atoms with Crippen LogP contribution in [0.2, 0.25) is 0 Å². The molecule has 0 spiro atoms. The number of urea groups is 1. The lowest BCUT2D eigenvalue weighted by molar-refractivity contribution is 0.252. The van der Waals surface area contributed by atoms with E-state index in [1.807, 2.05) is 12.1 Å². The molecule has 2 amide bonds. The molecular weight excluding hydrogens is 246 g/mol. The molecule has 0 bridgehead atoms. The maximum atomic E-state index is 11.6. The second-order valence-electron chi connectivity index (χ2n) is 3.80. The first-order valence-electron chi connectivity index (χ1n) is 5.81. The number of anilines is 1. The zero-order chi connectivity index (χ0) is 13.5. The fourth-order valence-electron chi connectivity index (χ4n) is 1.52. The number of carbonyl (C=O) groups excluding carboxylic acids is 1. The number of benzene rings is 1. The van der Waals surface area contributed by atoms with Crippen LogP contribution in [0.3, 0.4) is 0 Å². The Morgan fingerprint density at radius 3 is 3.11 bits per heavy atom. The van der Waals surface area contributed by atoms with E-state index in [1.54, 1.807) is 19.2 Å². The average molecular weight is 261 g/mol. The molecule has 2 aromatic rings. The van der Waals surface area contributed by atoms with Crippen molar-refractivity contribution in [3.8, 4) is 5.75 Å². The molecule has 0 atom stereocenters. The van der Waals surface area contributed by atoms with Gasteiger partial charge in [-0.05, 0) is 12.1 Å². The van der Waals surface area contributed by atoms with Gasteiger partial charge in [-0.25, -0.2) is 9.78 Å². The van der Waals surface area contributed by atoms with Gasteiger partial charge in [0.2, 0.25) is 0 Å². The SMILES string of the molecule is COc1cccc(NC(=O)NCCc2ncn[nH]2)c1. The molecule has 7 heteroatoms. The van der Waals surface area contributed by atoms with Gasteiger partial charge >= 0.3 is 6.03 Å². The lowest BCUT2D eigenvalue weighted by Gasteiger charge is -2.08. The van der Waals surface area contributed by atoms with E-state index >= 15 is 0 Å². The van der Waals surface area contributed by atoms with Gasteiger partial charge in [-0.2, -0.15) is 5.10 Å². The highest BCUT2D eigenvalue weighted by Gasteiger charge is 2.03. The van der Waals surface area contributed by atoms with Crippen LogP contribution in [0.4, 0.5) is 10.5 Å². The first-order valence-corrected chi connectivity index (χ1v) is 5.81. The molecule has 3 N–H and O–H groups in total. The highest BCUT2D eigenvalue weighted by atomic mass is 16.5. The molecular formula is C12H15N5O2. The van der Waals surface area contributed by atoms with Gasteiger partial charge < -0.3 is 15.4 Å². The Hall–Kier alpha value is -2.57. The van der Waals surface area contributed by atoms with Gasteiger partial charge in [-0.15, -0.1) is 0 Å². The van der Waals surface area contributed by atoms with Crippen molar-refractivity contribution < 1.29 is 9.53 Å². The van der Waals surface area contributed by atoms with Crippen LogP contribution >= 0.6 is 0 Å². The van der Waals surface area contributed by atoms with Gasteiger partial charge in [-0.3, -0.25) is 5.10 Å². The number of carbonyl (C=O) groups is 1. The number of nitrogens with zero attached hydrogens (tertiary/aromatic N) is 2. The van der Waals surface area contributed by atoms with Crippen LogP contribution in [0.25, 0.3) is 0 Å². The third-order valence-corrected chi connectivity index (χ3v) is 2.44. The number of aromatic nitrogens is 3. The van der Waals surface area contributed by atoms with Crippen LogP contribution in [0.15, 0.2) is 30.6 Å². The second kappa shape index (κ2) is 6.39. The number of amides is 2. The molecule has 100 valence electrons. The number of nitrogens with one attached hydrogen (secondary N) is 3. The van der Waals surface area contributed by atoms with Crippen molar-refractivity contribution in [3.05, 3.63) is 36.4 Å². The van der Waals surface area contributed by atoms with Crippen molar-refractivity contribution in [2.75, 3.05) is 19.0 Å². The summed E-state index contributed by atoms with van der Waals surface area (Å²) in [5.74, 6) is 1.43. The summed E-state index contributed by atoms with van der Waals surface area (Å²) in [6.07, 6.45) is 2.04. The summed E-state index contributed by atoms with van der Waals surface area (Å²) < 4.78 is 5.08. The minimum Gasteiger partial charge on any atom is -0.497 e. The van der Waals surface area contributed by atoms with Gasteiger partial charge in [-0.1, -0.05) is 6.07 Å². The molecule has 0 unspecified atom stereocenters. The first-order chi connectivity index (χ1) is 9.28. The standard InChI is InChI=1S/C12H15N5O2/c1-19-10-4-2-3-9(7-10)16-12(18)13-6-5-11-14-8-15-17-11/h2-4,7-8H,5-6H2,1H3,(H2,13,16,18)(H,14,15,17). The Labute approximate surface area is 110 Å². The largest absolute Gasteiger partial charge is 0.497 e. The summed E-state index contributed by atoms with van der Waals surface area (Å²) in [4.78, 5) is 15.6. The maximum Gasteiger partial charge on any atom is 0.319 e. The number of aromatic amines is 1. The normalized spacial score (nSPS) is 9.95. The maximum absolute atomic E-state index is 11.6. The Bertz CT molecular complexity index is 527. The third-order valence-electron chi connectivity index (χ3n) is 2.44. The van der Waals surface area contributed by atoms with Crippen LogP contribution in [0, 0.1) is 0 Å². The average Bonchev–Trinajstić information content (AvgIpc) is 2.92. The smallest absolute Gasteiger partial charge is 0.319 e. The third kappa shape index (κ3) is 3.98. The molecule has 0 saturated heterocycles. The molecule has 0 saturated carbocycles. The number of hydrogen-bond donors (Lipinski definition) is 3. The van der Waals surface area contributed by atoms with Gasteiger partial charge in [0, 0.05) is 24.7 Å². The van der Waals surface area contributed by atoms with Gasteiger partial charge in [0.05, 0.1) is 7.11 Å². The molecule has 2 rings (SSSR count). The van der Waals surface area contributed by atoms with Crippen LogP contribution in [-0.4, -0.2) is 34.9 Å². The number of H-pyrrole nitrogens is 1. The summed E-state index contributed by atoms with van der Waals surface area (Å²) in [6, 6.07) is 6.89. The summed E-state index contributed by atoms with van der Waals surface area (Å²) in [6.45, 7) is 0.477. The monoisotopic (exact) mass is 261 g/mol. The van der Waals surface area contributed by atoms with Gasteiger partial charge in [0.15, 0.2) is 0 Å². The van der Waals surface area contributed by atoms with E-state index < -0.39 is 0 Å². The van der Waals surface area contributed by atoms with Crippen molar-refractivity contribution >= 4 is 11.7 Å². The van der Waals surface area contributed by atoms with Crippen LogP contribution in [0.5, 0.6) is 5.75 Å². The second-order valence-corrected chi connectivity index (χ2v) is 3.80. The number of ether oxygens (including phenoxy) is 1. The van der Waals surface area contributed by atoms with E-state index in [2.05, 4.69) is 25.8 Å². The molecule has 0 aliphatic carbocycles. The van der Waals surface area contributed by atoms with E-state index in [0.717, 1.165) is 5.82 Å². The predicted octanol–water partition coefficient (Wildman–Crippen LogP) is 1.18. The lowest BCUT2D eigenvalue weighted by Crippen LogP contribution is -2.30. The van der Waals surface area contributed by atoms with E-state index in [1.165, 1.54) is 6.33 Å². The minimum absolute atomic E-state index is 0.271. The van der Waals surface area contributed by atoms with Gasteiger partial charge in [0.25, 0.3) is 0 Å². The quantitative estimate of drug-likeness (QED) is 0.753. The molecule has 1 heterocycles. The van der Waals surface area contributed by atoms with E-state index in [9.17, 15) is 4.79 Å². The predicted molar refractivity (Wildman–Crippen MR) is 70.1 cm³/mol. The molecule has 19 heavy (non-hydrogen) atoms. The lowest BCUT2D eigenvalue weighted by atomic mass is 10.3. The van der Waals surface area contributed by atoms with Crippen molar-refractivity contribution in [1.29, 1.82) is 0 Å². The number of methoxy groups -OCH3 is 1. The van der Waals surface area contributed by atoms with Crippen LogP contribution in [-0.2, 0) is 6.42 Å². The van der Waals surface area contributed by atoms with Crippen molar-refractivity contribution in [1.82, 2.24) is 20.5 Å². The molecule has 1 aromatic carbocycles. The fraction of sp³-hybridized carbons (Fsp3) is 0.250. The number of hydrogen-bond acceptors (Lipinski definition) is 4. The Morgan fingerprint density at radius 2 is 2.37 bits per heavy atom. The van der Waals surface area contributed by atoms with E-state index in [4.69, 9.17) is 4.74 Å². The van der Waals surface area contributed by atoms with Gasteiger partial charge in [0.1, 0.15) is 17.9 Å². The Balaban J connectivity index is 1.77. The molecule has 0 aliphatic rings. The first kappa shape index (κ1) is 12.9. The zero-order valence-corrected chi connectivity index (χ0v) is 10.5. The molecule has 7 nitrogen and oxygen atoms in total. The summed E-state index contributed by atoms with van der Waals surface area (Å²) in [5.41, 5.74) is 0.677. The molecule has 0 fully saturated rings.